The van der Waals surface area contributed by atoms with Gasteiger partial charge in [-0.25, -0.2) is 4.68 Å². The van der Waals surface area contributed by atoms with Crippen molar-refractivity contribution in [3.63, 3.8) is 0 Å². The molecule has 1 aromatic heterocycles. The number of aromatic nitrogens is 2. The fraction of sp³-hybridized carbons (Fsp3) is 0.286. The van der Waals surface area contributed by atoms with Crippen LogP contribution in [-0.4, -0.2) is 27.7 Å². The number of halogens is 3. The zero-order valence-corrected chi connectivity index (χ0v) is 11.4. The molecule has 8 heteroatoms. The highest BCUT2D eigenvalue weighted by Crippen LogP contribution is 2.22. The van der Waals surface area contributed by atoms with Crippen molar-refractivity contribution in [3.05, 3.63) is 58.0 Å². The number of nitrogens with zero attached hydrogens (tertiary/aromatic N) is 2. The molecule has 22 heavy (non-hydrogen) atoms. The van der Waals surface area contributed by atoms with E-state index in [0.717, 1.165) is 4.68 Å². The highest BCUT2D eigenvalue weighted by Gasteiger charge is 2.28. The normalized spacial score (nSPS) is 11.5. The van der Waals surface area contributed by atoms with Crippen LogP contribution in [0, 0.1) is 0 Å². The molecule has 1 aromatic carbocycles. The highest BCUT2D eigenvalue weighted by molar-refractivity contribution is 5.33. The predicted octanol–water partition coefficient (Wildman–Crippen LogP) is 1.72. The van der Waals surface area contributed by atoms with E-state index in [0.29, 0.717) is 5.56 Å². The van der Waals surface area contributed by atoms with Gasteiger partial charge in [0.1, 0.15) is 5.75 Å². The van der Waals surface area contributed by atoms with Crippen LogP contribution >= 0.6 is 0 Å². The van der Waals surface area contributed by atoms with Crippen LogP contribution in [-0.2, 0) is 13.2 Å². The molecule has 0 aliphatic rings. The summed E-state index contributed by atoms with van der Waals surface area (Å²) in [5.74, 6) is 0.0305. The molecule has 2 aromatic rings. The van der Waals surface area contributed by atoms with Gasteiger partial charge in [-0.2, -0.15) is 18.3 Å². The van der Waals surface area contributed by atoms with Crippen LogP contribution in [0.25, 0.3) is 0 Å². The molecular formula is C14H13F3N2O3. The first-order valence-corrected chi connectivity index (χ1v) is 6.34. The lowest BCUT2D eigenvalue weighted by Gasteiger charge is -2.13. The van der Waals surface area contributed by atoms with E-state index >= 15 is 0 Å². The number of hydrogen-bond donors (Lipinski definition) is 1. The van der Waals surface area contributed by atoms with Crippen LogP contribution in [0.1, 0.15) is 11.3 Å². The van der Waals surface area contributed by atoms with E-state index in [9.17, 15) is 18.0 Å². The molecule has 2 rings (SSSR count). The van der Waals surface area contributed by atoms with Crippen molar-refractivity contribution in [1.82, 2.24) is 9.78 Å². The van der Waals surface area contributed by atoms with Crippen LogP contribution < -0.4 is 10.3 Å². The first-order chi connectivity index (χ1) is 10.4. The first-order valence-electron chi connectivity index (χ1n) is 6.34. The Hall–Kier alpha value is -2.35. The van der Waals surface area contributed by atoms with Gasteiger partial charge in [-0.1, -0.05) is 18.2 Å². The Morgan fingerprint density at radius 1 is 1.18 bits per heavy atom. The summed E-state index contributed by atoms with van der Waals surface area (Å²) in [7, 11) is 0. The molecule has 0 amide bonds. The molecule has 1 N–H and O–H groups in total. The van der Waals surface area contributed by atoms with Crippen molar-refractivity contribution in [1.29, 1.82) is 0 Å². The molecule has 5 nitrogen and oxygen atoms in total. The number of alkyl halides is 3. The summed E-state index contributed by atoms with van der Waals surface area (Å²) in [6.45, 7) is -1.81. The van der Waals surface area contributed by atoms with Gasteiger partial charge >= 0.3 is 6.18 Å². The third kappa shape index (κ3) is 4.32. The van der Waals surface area contributed by atoms with E-state index < -0.39 is 18.3 Å². The van der Waals surface area contributed by atoms with Gasteiger partial charge in [0.05, 0.1) is 18.8 Å². The molecule has 0 atom stereocenters. The molecule has 0 aliphatic carbocycles. The van der Waals surface area contributed by atoms with Crippen LogP contribution in [0.3, 0.4) is 0 Å². The second-order valence-electron chi connectivity index (χ2n) is 4.49. The Kier molecular flexibility index (Phi) is 4.81. The summed E-state index contributed by atoms with van der Waals surface area (Å²) in [4.78, 5) is 11.7. The van der Waals surface area contributed by atoms with E-state index in [-0.39, 0.29) is 24.6 Å². The number of aliphatic hydroxyl groups excluding tert-OH is 1. The smallest absolute Gasteiger partial charge is 0.422 e. The molecule has 1 heterocycles. The van der Waals surface area contributed by atoms with Gasteiger partial charge in [-0.15, -0.1) is 0 Å². The van der Waals surface area contributed by atoms with Crippen molar-refractivity contribution in [2.75, 3.05) is 6.61 Å². The van der Waals surface area contributed by atoms with E-state index in [1.807, 2.05) is 0 Å². The number of hydrogen-bond acceptors (Lipinski definition) is 4. The minimum Gasteiger partial charge on any atom is -0.484 e. The number of benzene rings is 1. The van der Waals surface area contributed by atoms with Crippen LogP contribution in [0.5, 0.6) is 5.75 Å². The molecular weight excluding hydrogens is 301 g/mol. The van der Waals surface area contributed by atoms with Gasteiger partial charge in [0.25, 0.3) is 5.56 Å². The monoisotopic (exact) mass is 314 g/mol. The molecule has 0 bridgehead atoms. The maximum atomic E-state index is 12.2. The Labute approximate surface area is 123 Å². The molecule has 0 spiro atoms. The number of ether oxygens (including phenoxy) is 1. The van der Waals surface area contributed by atoms with Gasteiger partial charge in [-0.05, 0) is 12.1 Å². The molecule has 0 fully saturated rings. The SMILES string of the molecule is O=c1ccc(CO)nn1Cc1ccccc1OCC(F)(F)F. The molecule has 0 aliphatic heterocycles. The zero-order chi connectivity index (χ0) is 16.2. The lowest BCUT2D eigenvalue weighted by Crippen LogP contribution is -2.24. The molecule has 0 radical (unpaired) electrons. The van der Waals surface area contributed by atoms with E-state index in [1.54, 1.807) is 12.1 Å². The minimum atomic E-state index is -4.45. The van der Waals surface area contributed by atoms with Gasteiger partial charge < -0.3 is 9.84 Å². The second-order valence-corrected chi connectivity index (χ2v) is 4.49. The van der Waals surface area contributed by atoms with E-state index in [4.69, 9.17) is 9.84 Å². The van der Waals surface area contributed by atoms with Crippen molar-refractivity contribution in [2.24, 2.45) is 0 Å². The zero-order valence-electron chi connectivity index (χ0n) is 11.4. The third-order valence-electron chi connectivity index (χ3n) is 2.77. The van der Waals surface area contributed by atoms with Crippen LogP contribution in [0.4, 0.5) is 13.2 Å². The summed E-state index contributed by atoms with van der Waals surface area (Å²) in [6, 6.07) is 8.71. The third-order valence-corrected chi connectivity index (χ3v) is 2.77. The molecule has 0 unspecified atom stereocenters. The summed E-state index contributed by atoms with van der Waals surface area (Å²) in [5.41, 5.74) is 0.243. The Balaban J connectivity index is 2.25. The second kappa shape index (κ2) is 6.61. The average Bonchev–Trinajstić information content (AvgIpc) is 2.48. The Morgan fingerprint density at radius 3 is 2.59 bits per heavy atom. The lowest BCUT2D eigenvalue weighted by atomic mass is 10.2. The van der Waals surface area contributed by atoms with E-state index in [1.165, 1.54) is 24.3 Å². The summed E-state index contributed by atoms with van der Waals surface area (Å²) in [6.07, 6.45) is -4.45. The van der Waals surface area contributed by atoms with Crippen molar-refractivity contribution < 1.29 is 23.0 Å². The van der Waals surface area contributed by atoms with E-state index in [2.05, 4.69) is 5.10 Å². The summed E-state index contributed by atoms with van der Waals surface area (Å²) in [5, 5.41) is 12.9. The Bertz CT molecular complexity index is 698. The predicted molar refractivity (Wildman–Crippen MR) is 71.5 cm³/mol. The van der Waals surface area contributed by atoms with Gasteiger partial charge in [-0.3, -0.25) is 4.79 Å². The lowest BCUT2D eigenvalue weighted by molar-refractivity contribution is -0.153. The largest absolute Gasteiger partial charge is 0.484 e. The summed E-state index contributed by atoms with van der Waals surface area (Å²) < 4.78 is 42.5. The maximum absolute atomic E-state index is 12.2. The number of para-hydroxylation sites is 1. The fourth-order valence-electron chi connectivity index (χ4n) is 1.78. The van der Waals surface area contributed by atoms with Crippen molar-refractivity contribution in [2.45, 2.75) is 19.3 Å². The average molecular weight is 314 g/mol. The van der Waals surface area contributed by atoms with Crippen LogP contribution in [0.2, 0.25) is 0 Å². The topological polar surface area (TPSA) is 64.3 Å². The molecule has 0 saturated heterocycles. The van der Waals surface area contributed by atoms with Crippen molar-refractivity contribution >= 4 is 0 Å². The number of rotatable bonds is 5. The van der Waals surface area contributed by atoms with Gasteiger partial charge in [0.15, 0.2) is 6.61 Å². The number of aliphatic hydroxyl groups is 1. The highest BCUT2D eigenvalue weighted by atomic mass is 19.4. The van der Waals surface area contributed by atoms with Gasteiger partial charge in [0, 0.05) is 11.6 Å². The Morgan fingerprint density at radius 2 is 1.91 bits per heavy atom. The van der Waals surface area contributed by atoms with Crippen LogP contribution in [0.15, 0.2) is 41.2 Å². The standard InChI is InChI=1S/C14H13F3N2O3/c15-14(16,17)9-22-12-4-2-1-3-10(12)7-19-13(21)6-5-11(8-20)18-19/h1-6,20H,7-9H2. The minimum absolute atomic E-state index is 0.0305. The quantitative estimate of drug-likeness (QED) is 0.913. The molecule has 118 valence electrons. The fourth-order valence-corrected chi connectivity index (χ4v) is 1.78. The summed E-state index contributed by atoms with van der Waals surface area (Å²) >= 11 is 0. The van der Waals surface area contributed by atoms with Gasteiger partial charge in [0.2, 0.25) is 0 Å². The first kappa shape index (κ1) is 16.0. The molecule has 0 saturated carbocycles. The maximum Gasteiger partial charge on any atom is 0.422 e. The van der Waals surface area contributed by atoms with Crippen molar-refractivity contribution in [3.8, 4) is 5.75 Å².